The van der Waals surface area contributed by atoms with Gasteiger partial charge in [0.15, 0.2) is 5.78 Å². The van der Waals surface area contributed by atoms with E-state index < -0.39 is 11.3 Å². The summed E-state index contributed by atoms with van der Waals surface area (Å²) in [6, 6.07) is 4.63. The number of benzene rings is 1. The SMILES string of the molecule is CCOC(=O)c1cc(N)ccc1C(Cl)C(C)=O. The van der Waals surface area contributed by atoms with Crippen molar-refractivity contribution in [3.05, 3.63) is 29.3 Å². The number of carbonyl (C=O) groups is 2. The minimum absolute atomic E-state index is 0.234. The van der Waals surface area contributed by atoms with Gasteiger partial charge in [0.05, 0.1) is 12.2 Å². The van der Waals surface area contributed by atoms with Gasteiger partial charge in [-0.15, -0.1) is 11.6 Å². The Bertz CT molecular complexity index is 445. The third-order valence-corrected chi connectivity index (χ3v) is 2.75. The van der Waals surface area contributed by atoms with Crippen LogP contribution in [0.15, 0.2) is 18.2 Å². The van der Waals surface area contributed by atoms with Gasteiger partial charge in [-0.05, 0) is 31.5 Å². The van der Waals surface area contributed by atoms with Crippen LogP contribution in [-0.2, 0) is 9.53 Å². The number of carbonyl (C=O) groups excluding carboxylic acids is 2. The molecule has 17 heavy (non-hydrogen) atoms. The van der Waals surface area contributed by atoms with Gasteiger partial charge >= 0.3 is 5.97 Å². The van der Waals surface area contributed by atoms with E-state index in [1.165, 1.54) is 13.0 Å². The molecule has 1 aromatic rings. The first-order valence-corrected chi connectivity index (χ1v) is 5.62. The highest BCUT2D eigenvalue weighted by Crippen LogP contribution is 2.27. The van der Waals surface area contributed by atoms with E-state index in [9.17, 15) is 9.59 Å². The molecule has 0 radical (unpaired) electrons. The number of ketones is 1. The minimum Gasteiger partial charge on any atom is -0.462 e. The molecular weight excluding hydrogens is 242 g/mol. The molecule has 0 aliphatic carbocycles. The second-order valence-corrected chi connectivity index (χ2v) is 3.98. The van der Waals surface area contributed by atoms with E-state index in [1.54, 1.807) is 19.1 Å². The Morgan fingerprint density at radius 3 is 2.65 bits per heavy atom. The second kappa shape index (κ2) is 5.68. The molecular formula is C12H14ClNO3. The van der Waals surface area contributed by atoms with Crippen LogP contribution in [0.3, 0.4) is 0 Å². The number of hydrogen-bond donors (Lipinski definition) is 1. The molecule has 0 fully saturated rings. The van der Waals surface area contributed by atoms with Crippen LogP contribution in [0.4, 0.5) is 5.69 Å². The first-order chi connectivity index (χ1) is 7.97. The lowest BCUT2D eigenvalue weighted by atomic mass is 10.0. The molecule has 0 aromatic heterocycles. The standard InChI is InChI=1S/C12H14ClNO3/c1-3-17-12(16)10-6-8(14)4-5-9(10)11(13)7(2)15/h4-6,11H,3,14H2,1-2H3. The maximum absolute atomic E-state index is 11.7. The molecule has 0 aliphatic heterocycles. The van der Waals surface area contributed by atoms with E-state index in [2.05, 4.69) is 0 Å². The van der Waals surface area contributed by atoms with E-state index in [0.717, 1.165) is 0 Å². The van der Waals surface area contributed by atoms with Gasteiger partial charge in [-0.3, -0.25) is 4.79 Å². The van der Waals surface area contributed by atoms with Crippen LogP contribution < -0.4 is 5.73 Å². The van der Waals surface area contributed by atoms with Crippen LogP contribution in [-0.4, -0.2) is 18.4 Å². The zero-order valence-corrected chi connectivity index (χ0v) is 10.5. The predicted octanol–water partition coefficient (Wildman–Crippen LogP) is 2.31. The van der Waals surface area contributed by atoms with E-state index in [4.69, 9.17) is 22.1 Å². The third kappa shape index (κ3) is 3.20. The fourth-order valence-electron chi connectivity index (χ4n) is 1.40. The van der Waals surface area contributed by atoms with Crippen molar-refractivity contribution in [2.45, 2.75) is 19.2 Å². The zero-order chi connectivity index (χ0) is 13.0. The van der Waals surface area contributed by atoms with Crippen LogP contribution in [0, 0.1) is 0 Å². The molecule has 1 unspecified atom stereocenters. The van der Waals surface area contributed by atoms with Gasteiger partial charge < -0.3 is 10.5 Å². The number of nitrogen functional groups attached to an aromatic ring is 1. The summed E-state index contributed by atoms with van der Waals surface area (Å²) in [5.41, 5.74) is 6.68. The van der Waals surface area contributed by atoms with Crippen molar-refractivity contribution in [3.8, 4) is 0 Å². The molecule has 2 N–H and O–H groups in total. The summed E-state index contributed by atoms with van der Waals surface area (Å²) in [5.74, 6) is -0.760. The molecule has 0 spiro atoms. The quantitative estimate of drug-likeness (QED) is 0.509. The average molecular weight is 256 g/mol. The average Bonchev–Trinajstić information content (AvgIpc) is 2.28. The summed E-state index contributed by atoms with van der Waals surface area (Å²) in [6.45, 7) is 3.32. The maximum atomic E-state index is 11.7. The first kappa shape index (κ1) is 13.5. The Morgan fingerprint density at radius 1 is 1.47 bits per heavy atom. The van der Waals surface area contributed by atoms with Crippen LogP contribution in [0.2, 0.25) is 0 Å². The number of halogens is 1. The van der Waals surface area contributed by atoms with Crippen molar-refractivity contribution >= 4 is 29.0 Å². The molecule has 0 aliphatic rings. The topological polar surface area (TPSA) is 69.4 Å². The molecule has 0 amide bonds. The zero-order valence-electron chi connectivity index (χ0n) is 9.70. The molecule has 1 rings (SSSR count). The van der Waals surface area contributed by atoms with E-state index in [1.807, 2.05) is 0 Å². The highest BCUT2D eigenvalue weighted by atomic mass is 35.5. The predicted molar refractivity (Wildman–Crippen MR) is 66.1 cm³/mol. The van der Waals surface area contributed by atoms with Gasteiger partial charge in [0, 0.05) is 5.69 Å². The van der Waals surface area contributed by atoms with Crippen molar-refractivity contribution in [1.82, 2.24) is 0 Å². The van der Waals surface area contributed by atoms with Gasteiger partial charge in [0.2, 0.25) is 0 Å². The summed E-state index contributed by atoms with van der Waals surface area (Å²) < 4.78 is 4.89. The third-order valence-electron chi connectivity index (χ3n) is 2.20. The molecule has 92 valence electrons. The van der Waals surface area contributed by atoms with Crippen molar-refractivity contribution in [3.63, 3.8) is 0 Å². The fourth-order valence-corrected chi connectivity index (χ4v) is 1.59. The van der Waals surface area contributed by atoms with Crippen LogP contribution >= 0.6 is 11.6 Å². The number of ether oxygens (including phenoxy) is 1. The molecule has 0 bridgehead atoms. The molecule has 0 heterocycles. The Hall–Kier alpha value is -1.55. The molecule has 4 nitrogen and oxygen atoms in total. The highest BCUT2D eigenvalue weighted by molar-refractivity contribution is 6.31. The van der Waals surface area contributed by atoms with Crippen molar-refractivity contribution in [2.24, 2.45) is 0 Å². The summed E-state index contributed by atoms with van der Waals surface area (Å²) in [4.78, 5) is 22.9. The number of esters is 1. The molecule has 0 saturated heterocycles. The summed E-state index contributed by atoms with van der Waals surface area (Å²) >= 11 is 5.94. The molecule has 1 aromatic carbocycles. The number of alkyl halides is 1. The maximum Gasteiger partial charge on any atom is 0.338 e. The van der Waals surface area contributed by atoms with Gasteiger partial charge in [-0.1, -0.05) is 6.07 Å². The normalized spacial score (nSPS) is 11.9. The number of Topliss-reactive ketones (excluding diaryl/α,β-unsaturated/α-hetero) is 1. The number of rotatable bonds is 4. The monoisotopic (exact) mass is 255 g/mol. The lowest BCUT2D eigenvalue weighted by Crippen LogP contribution is -2.12. The smallest absolute Gasteiger partial charge is 0.338 e. The van der Waals surface area contributed by atoms with Crippen LogP contribution in [0.1, 0.15) is 35.1 Å². The van der Waals surface area contributed by atoms with Crippen LogP contribution in [0.25, 0.3) is 0 Å². The summed E-state index contributed by atoms with van der Waals surface area (Å²) in [5, 5.41) is -0.866. The molecule has 0 saturated carbocycles. The fraction of sp³-hybridized carbons (Fsp3) is 0.333. The minimum atomic E-state index is -0.866. The lowest BCUT2D eigenvalue weighted by Gasteiger charge is -2.12. The van der Waals surface area contributed by atoms with Gasteiger partial charge in [-0.25, -0.2) is 4.79 Å². The van der Waals surface area contributed by atoms with E-state index >= 15 is 0 Å². The number of anilines is 1. The van der Waals surface area contributed by atoms with Gasteiger partial charge in [-0.2, -0.15) is 0 Å². The van der Waals surface area contributed by atoms with Crippen molar-refractivity contribution in [1.29, 1.82) is 0 Å². The molecule has 5 heteroatoms. The summed E-state index contributed by atoms with van der Waals surface area (Å²) in [6.07, 6.45) is 0. The Kier molecular flexibility index (Phi) is 4.52. The highest BCUT2D eigenvalue weighted by Gasteiger charge is 2.21. The second-order valence-electron chi connectivity index (χ2n) is 3.54. The van der Waals surface area contributed by atoms with Crippen molar-refractivity contribution < 1.29 is 14.3 Å². The van der Waals surface area contributed by atoms with Crippen LogP contribution in [0.5, 0.6) is 0 Å². The van der Waals surface area contributed by atoms with Gasteiger partial charge in [0.25, 0.3) is 0 Å². The number of hydrogen-bond acceptors (Lipinski definition) is 4. The first-order valence-electron chi connectivity index (χ1n) is 5.18. The molecule has 1 atom stereocenters. The lowest BCUT2D eigenvalue weighted by molar-refractivity contribution is -0.116. The largest absolute Gasteiger partial charge is 0.462 e. The summed E-state index contributed by atoms with van der Waals surface area (Å²) in [7, 11) is 0. The van der Waals surface area contributed by atoms with Gasteiger partial charge in [0.1, 0.15) is 5.38 Å². The Balaban J connectivity index is 3.21. The Morgan fingerprint density at radius 2 is 2.12 bits per heavy atom. The number of nitrogens with two attached hydrogens (primary N) is 1. The van der Waals surface area contributed by atoms with E-state index in [-0.39, 0.29) is 18.0 Å². The van der Waals surface area contributed by atoms with E-state index in [0.29, 0.717) is 11.3 Å². The Labute approximate surface area is 105 Å². The van der Waals surface area contributed by atoms with Crippen molar-refractivity contribution in [2.75, 3.05) is 12.3 Å².